The lowest BCUT2D eigenvalue weighted by atomic mass is 10.0. The van der Waals surface area contributed by atoms with Crippen molar-refractivity contribution in [2.24, 2.45) is 5.73 Å². The van der Waals surface area contributed by atoms with Crippen LogP contribution in [0.2, 0.25) is 0 Å². The fourth-order valence-electron chi connectivity index (χ4n) is 5.34. The van der Waals surface area contributed by atoms with Crippen molar-refractivity contribution in [1.29, 1.82) is 0 Å². The van der Waals surface area contributed by atoms with Crippen LogP contribution in [0, 0.1) is 6.92 Å². The van der Waals surface area contributed by atoms with Crippen LogP contribution in [0.15, 0.2) is 72.1 Å². The Morgan fingerprint density at radius 1 is 1.08 bits per heavy atom. The van der Waals surface area contributed by atoms with Crippen LogP contribution in [-0.2, 0) is 34.9 Å². The number of primary amides is 1. The molecule has 5 amide bonds. The van der Waals surface area contributed by atoms with Gasteiger partial charge in [-0.3, -0.25) is 24.0 Å². The third kappa shape index (κ3) is 17.1. The van der Waals surface area contributed by atoms with Gasteiger partial charge in [0.2, 0.25) is 30.0 Å². The minimum atomic E-state index is -1.12. The molecule has 3 atom stereocenters. The minimum absolute atomic E-state index is 0.0381. The van der Waals surface area contributed by atoms with Gasteiger partial charge in [0.15, 0.2) is 8.38 Å². The number of carbonyl (C=O) groups excluding carboxylic acids is 5. The molecule has 1 fully saturated rings. The molecule has 2 heterocycles. The predicted octanol–water partition coefficient (Wildman–Crippen LogP) is 5.09. The van der Waals surface area contributed by atoms with Crippen LogP contribution in [0.4, 0.5) is 0 Å². The van der Waals surface area contributed by atoms with Crippen LogP contribution in [0.5, 0.6) is 0 Å². The zero-order valence-corrected chi connectivity index (χ0v) is 33.5. The van der Waals surface area contributed by atoms with E-state index in [0.717, 1.165) is 41.5 Å². The first kappa shape index (κ1) is 45.1. The molecule has 5 rings (SSSR count). The van der Waals surface area contributed by atoms with E-state index in [2.05, 4.69) is 75.6 Å². The van der Waals surface area contributed by atoms with E-state index in [1.807, 2.05) is 47.7 Å². The number of hydrogen-bond donors (Lipinski definition) is 5. The summed E-state index contributed by atoms with van der Waals surface area (Å²) in [6.45, 7) is 6.18. The van der Waals surface area contributed by atoms with Crippen molar-refractivity contribution < 1.29 is 33.4 Å². The average molecular weight is 786 g/mol. The van der Waals surface area contributed by atoms with Gasteiger partial charge in [-0.25, -0.2) is 0 Å². The highest BCUT2D eigenvalue weighted by molar-refractivity contribution is 8.03. The SMILES string of the molecule is CC(=O)NC(Cc1csc2ccccc12)C(=O)NCC(=O)N1CCCCC1C.COP(O)CSC.Cc1ccc2ccccc2c1.NC(=O)CNC=O. The molecule has 12 nitrogen and oxygen atoms in total. The molecule has 3 unspecified atom stereocenters. The Bertz CT molecular complexity index is 1760. The number of amides is 5. The molecule has 3 aromatic carbocycles. The molecule has 53 heavy (non-hydrogen) atoms. The van der Waals surface area contributed by atoms with Gasteiger partial charge < -0.3 is 36.0 Å². The second-order valence-corrected chi connectivity index (χ2v) is 15.7. The largest absolute Gasteiger partial charge is 0.368 e. The fraction of sp³-hybridized carbons (Fsp3) is 0.395. The van der Waals surface area contributed by atoms with E-state index in [1.165, 1.54) is 30.4 Å². The Morgan fingerprint density at radius 3 is 2.38 bits per heavy atom. The first-order valence-corrected chi connectivity index (χ1v) is 20.8. The van der Waals surface area contributed by atoms with E-state index in [-0.39, 0.29) is 36.9 Å². The summed E-state index contributed by atoms with van der Waals surface area (Å²) in [5, 5.41) is 13.3. The number of hydrogen-bond acceptors (Lipinski definition) is 9. The molecule has 0 aliphatic carbocycles. The van der Waals surface area contributed by atoms with Gasteiger partial charge in [-0.1, -0.05) is 66.2 Å². The Balaban J connectivity index is 0.000000314. The normalized spacial score (nSPS) is 14.5. The summed E-state index contributed by atoms with van der Waals surface area (Å²) in [5.74, 6) is -1.20. The summed E-state index contributed by atoms with van der Waals surface area (Å²) in [6.07, 6.45) is 5.89. The van der Waals surface area contributed by atoms with Crippen molar-refractivity contribution in [3.8, 4) is 0 Å². The molecule has 1 aliphatic heterocycles. The quantitative estimate of drug-likeness (QED) is 0.0974. The number of aryl methyl sites for hydroxylation is 1. The van der Waals surface area contributed by atoms with E-state index in [0.29, 0.717) is 18.3 Å². The van der Waals surface area contributed by atoms with E-state index in [9.17, 15) is 24.0 Å². The van der Waals surface area contributed by atoms with Gasteiger partial charge in [0, 0.05) is 37.7 Å². The predicted molar refractivity (Wildman–Crippen MR) is 218 cm³/mol. The van der Waals surface area contributed by atoms with Gasteiger partial charge in [0.1, 0.15) is 6.04 Å². The number of likely N-dealkylation sites (tertiary alicyclic amines) is 1. The third-order valence-electron chi connectivity index (χ3n) is 7.93. The van der Waals surface area contributed by atoms with Crippen molar-refractivity contribution in [1.82, 2.24) is 20.9 Å². The van der Waals surface area contributed by atoms with Crippen molar-refractivity contribution in [2.75, 3.05) is 38.5 Å². The highest BCUT2D eigenvalue weighted by Gasteiger charge is 2.26. The van der Waals surface area contributed by atoms with Crippen LogP contribution in [0.1, 0.15) is 44.2 Å². The molecule has 4 aromatic rings. The molecule has 0 spiro atoms. The number of thioether (sulfide) groups is 1. The van der Waals surface area contributed by atoms with Gasteiger partial charge in [0.25, 0.3) is 0 Å². The Labute approximate surface area is 321 Å². The van der Waals surface area contributed by atoms with E-state index < -0.39 is 20.3 Å². The summed E-state index contributed by atoms with van der Waals surface area (Å²) in [5.41, 5.74) is 7.67. The fourth-order valence-corrected chi connectivity index (χ4v) is 7.62. The third-order valence-corrected chi connectivity index (χ3v) is 11.3. The van der Waals surface area contributed by atoms with Gasteiger partial charge in [-0.2, -0.15) is 11.8 Å². The zero-order valence-electron chi connectivity index (χ0n) is 31.0. The smallest absolute Gasteiger partial charge is 0.243 e. The second kappa shape index (κ2) is 25.0. The van der Waals surface area contributed by atoms with Crippen molar-refractivity contribution in [3.05, 3.63) is 83.2 Å². The topological polar surface area (TPSA) is 180 Å². The number of carbonyl (C=O) groups is 5. The van der Waals surface area contributed by atoms with Gasteiger partial charge in [-0.05, 0) is 72.5 Å². The molecule has 6 N–H and O–H groups in total. The summed E-state index contributed by atoms with van der Waals surface area (Å²) in [6, 6.07) is 22.4. The molecule has 288 valence electrons. The molecule has 0 saturated carbocycles. The standard InChI is InChI=1S/C21H27N3O3S.C11H10.C3H6N2O2.C3H9O2PS/c1-14-7-5-6-10-24(14)20(26)12-22-21(27)18(23-15(2)25)11-16-13-28-19-9-4-3-8-17(16)19;1-9-6-7-10-4-2-3-5-11(10)8-9;4-3(7)1-5-2-6;1-5-6(4)3-7-2/h3-4,8-9,13-14,18H,5-7,10-12H2,1-2H3,(H,22,27)(H,23,25);2-8H,1H3;2H,1H2,(H2,4,7)(H,5,6);4H,3H2,1-2H3. The average Bonchev–Trinajstić information content (AvgIpc) is 3.56. The van der Waals surface area contributed by atoms with Crippen molar-refractivity contribution in [2.45, 2.75) is 58.5 Å². The summed E-state index contributed by atoms with van der Waals surface area (Å²) >= 11 is 3.21. The molecular formula is C38H52N5O7PS2. The van der Waals surface area contributed by atoms with Crippen LogP contribution >= 0.6 is 31.5 Å². The number of nitrogens with zero attached hydrogens (tertiary/aromatic N) is 1. The second-order valence-electron chi connectivity index (χ2n) is 12.1. The Kier molecular flexibility index (Phi) is 21.3. The summed E-state index contributed by atoms with van der Waals surface area (Å²) in [4.78, 5) is 66.5. The molecule has 1 aliphatic rings. The maximum atomic E-state index is 12.7. The lowest BCUT2D eigenvalue weighted by Crippen LogP contribution is -2.51. The molecule has 1 saturated heterocycles. The maximum Gasteiger partial charge on any atom is 0.243 e. The number of thiophene rings is 1. The number of rotatable bonds is 12. The number of piperidine rings is 1. The van der Waals surface area contributed by atoms with Gasteiger partial charge >= 0.3 is 0 Å². The van der Waals surface area contributed by atoms with Crippen LogP contribution < -0.4 is 21.7 Å². The summed E-state index contributed by atoms with van der Waals surface area (Å²) in [7, 11) is 0.400. The number of nitrogens with two attached hydrogens (primary N) is 1. The molecular weight excluding hydrogens is 734 g/mol. The molecule has 0 bridgehead atoms. The van der Waals surface area contributed by atoms with Crippen LogP contribution in [-0.4, -0.2) is 90.4 Å². The maximum absolute atomic E-state index is 12.7. The monoisotopic (exact) mass is 785 g/mol. The van der Waals surface area contributed by atoms with Crippen LogP contribution in [0.25, 0.3) is 20.9 Å². The lowest BCUT2D eigenvalue weighted by molar-refractivity contribution is -0.136. The molecule has 1 aromatic heterocycles. The number of nitrogens with one attached hydrogen (secondary N) is 3. The van der Waals surface area contributed by atoms with Gasteiger partial charge in [0.05, 0.1) is 18.6 Å². The Hall–Kier alpha value is -4.07. The van der Waals surface area contributed by atoms with Gasteiger partial charge in [-0.15, -0.1) is 11.3 Å². The van der Waals surface area contributed by atoms with E-state index in [4.69, 9.17) is 4.89 Å². The van der Waals surface area contributed by atoms with Crippen molar-refractivity contribution >= 4 is 82.4 Å². The lowest BCUT2D eigenvalue weighted by Gasteiger charge is -2.33. The van der Waals surface area contributed by atoms with Crippen molar-refractivity contribution in [3.63, 3.8) is 0 Å². The first-order chi connectivity index (χ1) is 25.4. The van der Waals surface area contributed by atoms with E-state index >= 15 is 0 Å². The minimum Gasteiger partial charge on any atom is -0.368 e. The summed E-state index contributed by atoms with van der Waals surface area (Å²) < 4.78 is 5.74. The molecule has 0 radical (unpaired) electrons. The molecule has 15 heteroatoms. The highest BCUT2D eigenvalue weighted by Crippen LogP contribution is 2.33. The highest BCUT2D eigenvalue weighted by atomic mass is 32.2. The van der Waals surface area contributed by atoms with Crippen LogP contribution in [0.3, 0.4) is 0 Å². The van der Waals surface area contributed by atoms with E-state index in [1.54, 1.807) is 23.1 Å². The first-order valence-electron chi connectivity index (χ1n) is 17.1. The number of fused-ring (bicyclic) bond motifs is 2. The zero-order chi connectivity index (χ0) is 39.2. The number of benzene rings is 3. The Morgan fingerprint density at radius 2 is 1.77 bits per heavy atom.